The Kier molecular flexibility index (Phi) is 5.22. The van der Waals surface area contributed by atoms with Gasteiger partial charge in [0.05, 0.1) is 36.1 Å². The molecule has 3 aromatic rings. The van der Waals surface area contributed by atoms with E-state index in [4.69, 9.17) is 11.6 Å². The van der Waals surface area contributed by atoms with Crippen LogP contribution >= 0.6 is 11.6 Å². The lowest BCUT2D eigenvalue weighted by atomic mass is 10.1. The summed E-state index contributed by atoms with van der Waals surface area (Å²) in [6.07, 6.45) is 2.65. The standard InChI is InChI=1S/C17H19ClFN5O3S/c1-17(2,25)9-24-16(18)13(8-22-24)28(26,27)23-12-5-4-11(19)14-10(6-20-3)7-21-15(12)14/h4-5,7-8,21,23,25H,3,6,9H2,1-2H3. The summed E-state index contributed by atoms with van der Waals surface area (Å²) >= 11 is 6.15. The van der Waals surface area contributed by atoms with Crippen LogP contribution in [0.1, 0.15) is 19.4 Å². The second-order valence-corrected chi connectivity index (χ2v) is 8.92. The normalized spacial score (nSPS) is 12.5. The molecule has 0 aliphatic rings. The Morgan fingerprint density at radius 3 is 2.82 bits per heavy atom. The fraction of sp³-hybridized carbons (Fsp3) is 0.294. The maximum absolute atomic E-state index is 14.2. The number of aromatic nitrogens is 3. The molecule has 3 rings (SSSR count). The van der Waals surface area contributed by atoms with Gasteiger partial charge in [-0.05, 0) is 32.7 Å². The van der Waals surface area contributed by atoms with Crippen LogP contribution in [0.5, 0.6) is 0 Å². The Hall–Kier alpha value is -2.43. The third kappa shape index (κ3) is 3.89. The molecule has 1 aromatic carbocycles. The third-order valence-electron chi connectivity index (χ3n) is 3.96. The van der Waals surface area contributed by atoms with Crippen molar-refractivity contribution in [1.82, 2.24) is 14.8 Å². The van der Waals surface area contributed by atoms with Gasteiger partial charge in [0.1, 0.15) is 15.9 Å². The lowest BCUT2D eigenvalue weighted by Crippen LogP contribution is -2.26. The van der Waals surface area contributed by atoms with E-state index in [1.165, 1.54) is 16.8 Å². The minimum atomic E-state index is -4.11. The molecule has 0 atom stereocenters. The molecule has 0 radical (unpaired) electrons. The molecule has 0 aliphatic heterocycles. The molecule has 0 saturated carbocycles. The van der Waals surface area contributed by atoms with Gasteiger partial charge in [-0.1, -0.05) is 11.6 Å². The van der Waals surface area contributed by atoms with Crippen LogP contribution in [-0.2, 0) is 23.1 Å². The number of benzene rings is 1. The zero-order valence-corrected chi connectivity index (χ0v) is 16.8. The van der Waals surface area contributed by atoms with E-state index in [2.05, 4.69) is 26.5 Å². The van der Waals surface area contributed by atoms with Gasteiger partial charge >= 0.3 is 0 Å². The van der Waals surface area contributed by atoms with Gasteiger partial charge in [0.15, 0.2) is 0 Å². The van der Waals surface area contributed by atoms with Gasteiger partial charge in [-0.3, -0.25) is 9.71 Å². The molecule has 2 aromatic heterocycles. The number of hydrogen-bond acceptors (Lipinski definition) is 5. The highest BCUT2D eigenvalue weighted by Crippen LogP contribution is 2.31. The van der Waals surface area contributed by atoms with Gasteiger partial charge in [-0.15, -0.1) is 0 Å². The predicted molar refractivity (Wildman–Crippen MR) is 106 cm³/mol. The summed E-state index contributed by atoms with van der Waals surface area (Å²) in [6.45, 7) is 6.68. The SMILES string of the molecule is C=NCc1c[nH]c2c(NS(=O)(=O)c3cnn(CC(C)(C)O)c3Cl)ccc(F)c12. The van der Waals surface area contributed by atoms with E-state index in [-0.39, 0.29) is 39.7 Å². The second kappa shape index (κ2) is 7.19. The third-order valence-corrected chi connectivity index (χ3v) is 5.84. The molecule has 0 spiro atoms. The van der Waals surface area contributed by atoms with Crippen LogP contribution in [0.4, 0.5) is 10.1 Å². The fourth-order valence-corrected chi connectivity index (χ4v) is 4.35. The first-order valence-electron chi connectivity index (χ1n) is 8.21. The molecule has 11 heteroatoms. The number of anilines is 1. The fourth-order valence-electron chi connectivity index (χ4n) is 2.81. The number of rotatable bonds is 7. The smallest absolute Gasteiger partial charge is 0.266 e. The van der Waals surface area contributed by atoms with Crippen LogP contribution in [-0.4, -0.2) is 40.6 Å². The molecule has 0 unspecified atom stereocenters. The molecular formula is C17H19ClFN5O3S. The molecule has 0 saturated heterocycles. The zero-order chi connectivity index (χ0) is 20.7. The van der Waals surface area contributed by atoms with Gasteiger partial charge in [0, 0.05) is 17.1 Å². The molecule has 150 valence electrons. The van der Waals surface area contributed by atoms with Crippen LogP contribution in [0.2, 0.25) is 5.15 Å². The number of aliphatic hydroxyl groups is 1. The number of sulfonamides is 1. The number of halogens is 2. The first-order chi connectivity index (χ1) is 13.0. The number of nitrogens with zero attached hydrogens (tertiary/aromatic N) is 3. The van der Waals surface area contributed by atoms with Crippen molar-refractivity contribution < 1.29 is 17.9 Å². The summed E-state index contributed by atoms with van der Waals surface area (Å²) in [5, 5.41) is 13.9. The van der Waals surface area contributed by atoms with Gasteiger partial charge in [0.25, 0.3) is 10.0 Å². The highest BCUT2D eigenvalue weighted by atomic mass is 35.5. The second-order valence-electron chi connectivity index (χ2n) is 6.92. The first kappa shape index (κ1) is 20.3. The van der Waals surface area contributed by atoms with Crippen molar-refractivity contribution in [3.8, 4) is 0 Å². The van der Waals surface area contributed by atoms with E-state index in [9.17, 15) is 17.9 Å². The predicted octanol–water partition coefficient (Wildman–Crippen LogP) is 2.93. The first-order valence-corrected chi connectivity index (χ1v) is 10.1. The molecule has 28 heavy (non-hydrogen) atoms. The van der Waals surface area contributed by atoms with Crippen molar-refractivity contribution in [3.63, 3.8) is 0 Å². The van der Waals surface area contributed by atoms with Crippen LogP contribution in [0.3, 0.4) is 0 Å². The van der Waals surface area contributed by atoms with Crippen LogP contribution in [0, 0.1) is 5.82 Å². The van der Waals surface area contributed by atoms with Crippen molar-refractivity contribution >= 4 is 44.9 Å². The Balaban J connectivity index is 2.00. The average Bonchev–Trinajstić information content (AvgIpc) is 3.15. The molecule has 2 heterocycles. The van der Waals surface area contributed by atoms with Crippen molar-refractivity contribution in [2.24, 2.45) is 4.99 Å². The summed E-state index contributed by atoms with van der Waals surface area (Å²) in [4.78, 5) is 6.35. The number of H-pyrrole nitrogens is 1. The molecular weight excluding hydrogens is 409 g/mol. The number of aromatic amines is 1. The molecule has 0 amide bonds. The lowest BCUT2D eigenvalue weighted by Gasteiger charge is -2.17. The van der Waals surface area contributed by atoms with E-state index in [0.717, 1.165) is 6.20 Å². The monoisotopic (exact) mass is 427 g/mol. The maximum atomic E-state index is 14.2. The summed E-state index contributed by atoms with van der Waals surface area (Å²) in [7, 11) is -4.11. The summed E-state index contributed by atoms with van der Waals surface area (Å²) in [5.41, 5.74) is -0.146. The molecule has 0 fully saturated rings. The van der Waals surface area contributed by atoms with E-state index in [1.54, 1.807) is 20.0 Å². The number of nitrogens with one attached hydrogen (secondary N) is 2. The summed E-state index contributed by atoms with van der Waals surface area (Å²) < 4.78 is 43.5. The van der Waals surface area contributed by atoms with Crippen molar-refractivity contribution in [1.29, 1.82) is 0 Å². The molecule has 3 N–H and O–H groups in total. The molecule has 0 aliphatic carbocycles. The minimum absolute atomic E-state index is 0.0106. The van der Waals surface area contributed by atoms with Crippen molar-refractivity contribution in [3.05, 3.63) is 41.1 Å². The van der Waals surface area contributed by atoms with Crippen molar-refractivity contribution in [2.45, 2.75) is 37.4 Å². The van der Waals surface area contributed by atoms with Gasteiger partial charge in [-0.25, -0.2) is 17.5 Å². The summed E-state index contributed by atoms with van der Waals surface area (Å²) in [5.74, 6) is -0.506. The van der Waals surface area contributed by atoms with E-state index in [0.29, 0.717) is 5.56 Å². The van der Waals surface area contributed by atoms with E-state index < -0.39 is 21.4 Å². The number of aliphatic imine (C=N–C) groups is 1. The van der Waals surface area contributed by atoms with Crippen LogP contribution < -0.4 is 4.72 Å². The average molecular weight is 428 g/mol. The Morgan fingerprint density at radius 1 is 1.46 bits per heavy atom. The Labute approximate surface area is 166 Å². The van der Waals surface area contributed by atoms with Crippen LogP contribution in [0.25, 0.3) is 10.9 Å². The zero-order valence-electron chi connectivity index (χ0n) is 15.2. The quantitative estimate of drug-likeness (QED) is 0.503. The van der Waals surface area contributed by atoms with Gasteiger partial charge < -0.3 is 10.1 Å². The largest absolute Gasteiger partial charge is 0.389 e. The Bertz CT molecular complexity index is 1150. The summed E-state index contributed by atoms with van der Waals surface area (Å²) in [6, 6.07) is 2.48. The number of fused-ring (bicyclic) bond motifs is 1. The van der Waals surface area contributed by atoms with Gasteiger partial charge in [-0.2, -0.15) is 5.10 Å². The van der Waals surface area contributed by atoms with E-state index >= 15 is 0 Å². The highest BCUT2D eigenvalue weighted by Gasteiger charge is 2.26. The molecule has 8 nitrogen and oxygen atoms in total. The maximum Gasteiger partial charge on any atom is 0.266 e. The lowest BCUT2D eigenvalue weighted by molar-refractivity contribution is 0.0577. The van der Waals surface area contributed by atoms with Crippen LogP contribution in [0.15, 0.2) is 34.4 Å². The van der Waals surface area contributed by atoms with E-state index in [1.807, 2.05) is 0 Å². The topological polar surface area (TPSA) is 112 Å². The highest BCUT2D eigenvalue weighted by molar-refractivity contribution is 7.92. The Morgan fingerprint density at radius 2 is 2.18 bits per heavy atom. The van der Waals surface area contributed by atoms with Crippen molar-refractivity contribution in [2.75, 3.05) is 4.72 Å². The minimum Gasteiger partial charge on any atom is -0.389 e. The number of hydrogen-bond donors (Lipinski definition) is 3. The van der Waals surface area contributed by atoms with Gasteiger partial charge in [0.2, 0.25) is 0 Å². The molecule has 0 bridgehead atoms.